The number of nitrogens with one attached hydrogen (secondary N) is 1. The van der Waals surface area contributed by atoms with Crippen LogP contribution in [0.1, 0.15) is 23.9 Å². The van der Waals surface area contributed by atoms with E-state index < -0.39 is 0 Å². The molecule has 1 atom stereocenters. The van der Waals surface area contributed by atoms with E-state index in [0.717, 1.165) is 6.54 Å². The summed E-state index contributed by atoms with van der Waals surface area (Å²) < 4.78 is 0. The van der Waals surface area contributed by atoms with Crippen molar-refractivity contribution in [3.63, 3.8) is 0 Å². The van der Waals surface area contributed by atoms with Gasteiger partial charge in [-0.1, -0.05) is 0 Å². The van der Waals surface area contributed by atoms with Crippen LogP contribution in [0.5, 0.6) is 0 Å². The first-order valence-electron chi connectivity index (χ1n) is 3.59. The van der Waals surface area contributed by atoms with Crippen LogP contribution >= 0.6 is 28.3 Å². The van der Waals surface area contributed by atoms with Crippen molar-refractivity contribution in [3.05, 3.63) is 16.6 Å². The van der Waals surface area contributed by atoms with E-state index in [-0.39, 0.29) is 17.0 Å². The molecule has 1 aliphatic heterocycles. The Morgan fingerprint density at radius 1 is 1.64 bits per heavy atom. The zero-order valence-corrected chi connectivity index (χ0v) is 8.65. The Hall–Kier alpha value is 0.0700. The summed E-state index contributed by atoms with van der Waals surface area (Å²) in [4.78, 5) is 4.25. The van der Waals surface area contributed by atoms with Gasteiger partial charge in [-0.2, -0.15) is 0 Å². The molecule has 2 nitrogen and oxygen atoms in total. The van der Waals surface area contributed by atoms with Gasteiger partial charge in [-0.05, 0) is 19.4 Å². The van der Waals surface area contributed by atoms with Gasteiger partial charge in [0.1, 0.15) is 5.01 Å². The summed E-state index contributed by atoms with van der Waals surface area (Å²) in [6.45, 7) is 1.16. The Bertz CT molecular complexity index is 194. The summed E-state index contributed by atoms with van der Waals surface area (Å²) in [5.41, 5.74) is 0. The fraction of sp³-hybridized carbons (Fsp3) is 0.571. The van der Waals surface area contributed by atoms with Gasteiger partial charge in [-0.3, -0.25) is 0 Å². The third-order valence-corrected chi connectivity index (χ3v) is 2.70. The quantitative estimate of drug-likeness (QED) is 0.806. The van der Waals surface area contributed by atoms with Crippen LogP contribution in [-0.2, 0) is 0 Å². The average molecular weight is 235 g/mol. The van der Waals surface area contributed by atoms with Crippen molar-refractivity contribution in [1.29, 1.82) is 0 Å². The highest BCUT2D eigenvalue weighted by Crippen LogP contribution is 2.23. The zero-order chi connectivity index (χ0) is 6.81. The molecule has 0 radical (unpaired) electrons. The number of rotatable bonds is 1. The summed E-state index contributed by atoms with van der Waals surface area (Å²) in [6, 6.07) is 0.556. The largest absolute Gasteiger partial charge is 0.308 e. The van der Waals surface area contributed by atoms with Gasteiger partial charge < -0.3 is 5.32 Å². The second-order valence-corrected chi connectivity index (χ2v) is 3.45. The van der Waals surface area contributed by atoms with Crippen LogP contribution in [0.2, 0.25) is 0 Å². The minimum absolute atomic E-state index is 0. The van der Waals surface area contributed by atoms with E-state index in [1.165, 1.54) is 17.8 Å². The van der Waals surface area contributed by atoms with Gasteiger partial charge in [-0.15, -0.1) is 28.3 Å². The molecule has 0 bridgehead atoms. The van der Waals surface area contributed by atoms with E-state index in [2.05, 4.69) is 10.3 Å². The third-order valence-electron chi connectivity index (χ3n) is 1.81. The molecule has 1 N–H and O–H groups in total. The molecule has 2 heterocycles. The van der Waals surface area contributed by atoms with Crippen molar-refractivity contribution in [2.24, 2.45) is 0 Å². The van der Waals surface area contributed by atoms with Crippen molar-refractivity contribution < 1.29 is 0 Å². The van der Waals surface area contributed by atoms with E-state index in [4.69, 9.17) is 0 Å². The van der Waals surface area contributed by atoms with Gasteiger partial charge in [0.2, 0.25) is 0 Å². The van der Waals surface area contributed by atoms with Crippen LogP contribution in [0, 0.1) is 0 Å². The van der Waals surface area contributed by atoms with Crippen molar-refractivity contribution >= 4 is 28.3 Å². The molecule has 0 aromatic carbocycles. The van der Waals surface area contributed by atoms with Gasteiger partial charge in [0.05, 0.1) is 6.04 Å². The smallest absolute Gasteiger partial charge is 0.109 e. The van der Waals surface area contributed by atoms with Gasteiger partial charge in [0, 0.05) is 11.6 Å². The van der Waals surface area contributed by atoms with E-state index in [9.17, 15) is 0 Å². The highest BCUT2D eigenvalue weighted by molar-refractivity contribution is 8.93. The molecule has 0 amide bonds. The predicted octanol–water partition coefficient (Wildman–Crippen LogP) is 2.15. The summed E-state index contributed by atoms with van der Waals surface area (Å²) in [5.74, 6) is 0. The molecule has 4 heteroatoms. The SMILES string of the molecule is Br.c1csc([C@@H]2CCCN2)n1. The fourth-order valence-corrected chi connectivity index (χ4v) is 2.05. The fourth-order valence-electron chi connectivity index (χ4n) is 1.30. The van der Waals surface area contributed by atoms with E-state index in [1.807, 2.05) is 11.6 Å². The van der Waals surface area contributed by atoms with Gasteiger partial charge >= 0.3 is 0 Å². The molecule has 1 fully saturated rings. The molecule has 1 saturated heterocycles. The van der Waals surface area contributed by atoms with Crippen LogP contribution in [-0.4, -0.2) is 11.5 Å². The molecule has 1 aromatic rings. The highest BCUT2D eigenvalue weighted by Gasteiger charge is 2.17. The van der Waals surface area contributed by atoms with Gasteiger partial charge in [-0.25, -0.2) is 4.98 Å². The monoisotopic (exact) mass is 234 g/mol. The molecule has 62 valence electrons. The third kappa shape index (κ3) is 2.01. The number of thiazole rings is 1. The first-order valence-corrected chi connectivity index (χ1v) is 4.47. The van der Waals surface area contributed by atoms with Gasteiger partial charge in [0.15, 0.2) is 0 Å². The number of aromatic nitrogens is 1. The van der Waals surface area contributed by atoms with Crippen molar-refractivity contribution in [2.75, 3.05) is 6.54 Å². The molecule has 1 aliphatic rings. The molecule has 11 heavy (non-hydrogen) atoms. The lowest BCUT2D eigenvalue weighted by Gasteiger charge is -2.03. The second-order valence-electron chi connectivity index (χ2n) is 2.52. The normalized spacial score (nSPS) is 23.1. The number of halogens is 1. The Balaban J connectivity index is 0.000000605. The van der Waals surface area contributed by atoms with Gasteiger partial charge in [0.25, 0.3) is 0 Å². The molecule has 2 rings (SSSR count). The summed E-state index contributed by atoms with van der Waals surface area (Å²) in [6.07, 6.45) is 4.43. The van der Waals surface area contributed by atoms with Crippen molar-refractivity contribution in [3.8, 4) is 0 Å². The van der Waals surface area contributed by atoms with Crippen molar-refractivity contribution in [2.45, 2.75) is 18.9 Å². The first kappa shape index (κ1) is 9.16. The highest BCUT2D eigenvalue weighted by atomic mass is 79.9. The topological polar surface area (TPSA) is 24.9 Å². The van der Waals surface area contributed by atoms with E-state index in [1.54, 1.807) is 11.3 Å². The Morgan fingerprint density at radius 2 is 2.55 bits per heavy atom. The first-order chi connectivity index (χ1) is 4.97. The van der Waals surface area contributed by atoms with Crippen LogP contribution in [0.3, 0.4) is 0 Å². The Morgan fingerprint density at radius 3 is 3.09 bits per heavy atom. The zero-order valence-electron chi connectivity index (χ0n) is 6.12. The maximum atomic E-state index is 4.25. The maximum absolute atomic E-state index is 4.25. The molecular weight excluding hydrogens is 224 g/mol. The van der Waals surface area contributed by atoms with Crippen LogP contribution in [0.25, 0.3) is 0 Å². The van der Waals surface area contributed by atoms with Crippen LogP contribution < -0.4 is 5.32 Å². The van der Waals surface area contributed by atoms with E-state index >= 15 is 0 Å². The van der Waals surface area contributed by atoms with Crippen LogP contribution in [0.15, 0.2) is 11.6 Å². The summed E-state index contributed by atoms with van der Waals surface area (Å²) in [5, 5.41) is 6.69. The lowest BCUT2D eigenvalue weighted by atomic mass is 10.2. The molecule has 0 saturated carbocycles. The average Bonchev–Trinajstić information content (AvgIpc) is 2.59. The Labute approximate surface area is 80.8 Å². The second kappa shape index (κ2) is 4.18. The maximum Gasteiger partial charge on any atom is 0.109 e. The lowest BCUT2D eigenvalue weighted by Crippen LogP contribution is -2.12. The summed E-state index contributed by atoms with van der Waals surface area (Å²) >= 11 is 1.75. The number of hydrogen-bond donors (Lipinski definition) is 1. The molecule has 0 aliphatic carbocycles. The van der Waals surface area contributed by atoms with Crippen LogP contribution in [0.4, 0.5) is 0 Å². The summed E-state index contributed by atoms with van der Waals surface area (Å²) in [7, 11) is 0. The minimum Gasteiger partial charge on any atom is -0.308 e. The number of nitrogens with zero attached hydrogens (tertiary/aromatic N) is 1. The Kier molecular flexibility index (Phi) is 3.48. The lowest BCUT2D eigenvalue weighted by molar-refractivity contribution is 0.643. The molecule has 0 unspecified atom stereocenters. The minimum atomic E-state index is 0. The molecule has 0 spiro atoms. The molecular formula is C7H11BrN2S. The van der Waals surface area contributed by atoms with Crippen molar-refractivity contribution in [1.82, 2.24) is 10.3 Å². The number of hydrogen-bond acceptors (Lipinski definition) is 3. The van der Waals surface area contributed by atoms with E-state index in [0.29, 0.717) is 6.04 Å². The standard InChI is InChI=1S/C7H10N2S.BrH/c1-2-6(8-3-1)7-9-4-5-10-7;/h4-6,8H,1-3H2;1H/t6-;/m0./s1. The molecule has 1 aromatic heterocycles. The predicted molar refractivity (Wildman–Crippen MR) is 52.4 cm³/mol.